The van der Waals surface area contributed by atoms with E-state index in [4.69, 9.17) is 11.5 Å². The number of nitrogens with zero attached hydrogens (tertiary/aromatic N) is 1. The Morgan fingerprint density at radius 1 is 1.06 bits per heavy atom. The molecule has 0 aliphatic heterocycles. The first-order chi connectivity index (χ1) is 8.81. The summed E-state index contributed by atoms with van der Waals surface area (Å²) < 4.78 is 0. The molecule has 2 aromatic rings. The molecule has 0 amide bonds. The Hall–Kier alpha value is -1.71. The molecule has 1 heterocycles. The summed E-state index contributed by atoms with van der Waals surface area (Å²) in [6, 6.07) is 14.2. The van der Waals surface area contributed by atoms with Crippen molar-refractivity contribution in [2.45, 2.75) is 18.4 Å². The number of nitrogens with two attached hydrogens (primary N) is 2. The van der Waals surface area contributed by atoms with Crippen molar-refractivity contribution in [1.82, 2.24) is 4.98 Å². The van der Waals surface area contributed by atoms with E-state index in [0.29, 0.717) is 6.54 Å². The molecule has 0 fully saturated rings. The van der Waals surface area contributed by atoms with Gasteiger partial charge < -0.3 is 11.5 Å². The first-order valence-corrected chi connectivity index (χ1v) is 6.20. The van der Waals surface area contributed by atoms with Gasteiger partial charge in [0.05, 0.1) is 0 Å². The van der Waals surface area contributed by atoms with Gasteiger partial charge in [-0.1, -0.05) is 36.4 Å². The Kier molecular flexibility index (Phi) is 4.45. The van der Waals surface area contributed by atoms with Gasteiger partial charge in [0.25, 0.3) is 0 Å². The summed E-state index contributed by atoms with van der Waals surface area (Å²) in [5.74, 6) is 0.152. The summed E-state index contributed by atoms with van der Waals surface area (Å²) in [6.45, 7) is 0.541. The lowest BCUT2D eigenvalue weighted by molar-refractivity contribution is 0.534. The van der Waals surface area contributed by atoms with Crippen molar-refractivity contribution in [3.8, 4) is 0 Å². The Morgan fingerprint density at radius 3 is 2.44 bits per heavy atom. The summed E-state index contributed by atoms with van der Waals surface area (Å²) in [7, 11) is 0. The number of hydrogen-bond donors (Lipinski definition) is 2. The molecule has 1 aromatic heterocycles. The SMILES string of the molecule is NCC(c1cccnc1)C(N)Cc1ccccc1. The van der Waals surface area contributed by atoms with Crippen LogP contribution in [0.25, 0.3) is 0 Å². The lowest BCUT2D eigenvalue weighted by Crippen LogP contribution is -2.35. The van der Waals surface area contributed by atoms with E-state index in [0.717, 1.165) is 12.0 Å². The molecule has 0 saturated heterocycles. The fourth-order valence-corrected chi connectivity index (χ4v) is 2.18. The molecule has 0 bridgehead atoms. The van der Waals surface area contributed by atoms with Gasteiger partial charge in [-0.25, -0.2) is 0 Å². The zero-order valence-corrected chi connectivity index (χ0v) is 10.4. The smallest absolute Gasteiger partial charge is 0.0303 e. The Balaban J connectivity index is 2.09. The number of rotatable bonds is 5. The number of hydrogen-bond acceptors (Lipinski definition) is 3. The molecule has 0 spiro atoms. The highest BCUT2D eigenvalue weighted by atomic mass is 14.7. The molecule has 3 heteroatoms. The molecule has 0 radical (unpaired) electrons. The second kappa shape index (κ2) is 6.28. The third-order valence-electron chi connectivity index (χ3n) is 3.20. The third kappa shape index (κ3) is 3.15. The first kappa shape index (κ1) is 12.7. The van der Waals surface area contributed by atoms with Crippen LogP contribution in [0.2, 0.25) is 0 Å². The van der Waals surface area contributed by atoms with Crippen molar-refractivity contribution in [2.24, 2.45) is 11.5 Å². The highest BCUT2D eigenvalue weighted by Gasteiger charge is 2.18. The highest BCUT2D eigenvalue weighted by molar-refractivity contribution is 5.21. The van der Waals surface area contributed by atoms with Crippen molar-refractivity contribution in [1.29, 1.82) is 0 Å². The minimum Gasteiger partial charge on any atom is -0.330 e. The van der Waals surface area contributed by atoms with Gasteiger partial charge >= 0.3 is 0 Å². The van der Waals surface area contributed by atoms with Gasteiger partial charge in [0.1, 0.15) is 0 Å². The highest BCUT2D eigenvalue weighted by Crippen LogP contribution is 2.19. The quantitative estimate of drug-likeness (QED) is 0.837. The van der Waals surface area contributed by atoms with Crippen molar-refractivity contribution >= 4 is 0 Å². The van der Waals surface area contributed by atoms with Crippen LogP contribution in [0.4, 0.5) is 0 Å². The molecule has 4 N–H and O–H groups in total. The monoisotopic (exact) mass is 241 g/mol. The van der Waals surface area contributed by atoms with Gasteiger partial charge in [-0.3, -0.25) is 4.98 Å². The van der Waals surface area contributed by atoms with E-state index >= 15 is 0 Å². The topological polar surface area (TPSA) is 64.9 Å². The van der Waals surface area contributed by atoms with Crippen LogP contribution < -0.4 is 11.5 Å². The summed E-state index contributed by atoms with van der Waals surface area (Å²) in [5.41, 5.74) is 14.5. The van der Waals surface area contributed by atoms with Crippen LogP contribution >= 0.6 is 0 Å². The average Bonchev–Trinajstić information content (AvgIpc) is 2.42. The molecular formula is C15H19N3. The molecule has 2 rings (SSSR count). The maximum atomic E-state index is 6.28. The lowest BCUT2D eigenvalue weighted by Gasteiger charge is -2.22. The van der Waals surface area contributed by atoms with Crippen LogP contribution in [0.5, 0.6) is 0 Å². The van der Waals surface area contributed by atoms with Crippen LogP contribution in [0.1, 0.15) is 17.0 Å². The van der Waals surface area contributed by atoms with Crippen LogP contribution in [-0.4, -0.2) is 17.6 Å². The van der Waals surface area contributed by atoms with Gasteiger partial charge in [-0.05, 0) is 23.6 Å². The summed E-state index contributed by atoms with van der Waals surface area (Å²) >= 11 is 0. The largest absolute Gasteiger partial charge is 0.330 e. The summed E-state index contributed by atoms with van der Waals surface area (Å²) in [5, 5.41) is 0. The Morgan fingerprint density at radius 2 is 1.83 bits per heavy atom. The first-order valence-electron chi connectivity index (χ1n) is 6.20. The van der Waals surface area contributed by atoms with Crippen molar-refractivity contribution in [3.05, 3.63) is 66.0 Å². The van der Waals surface area contributed by atoms with E-state index in [-0.39, 0.29) is 12.0 Å². The van der Waals surface area contributed by atoms with Gasteiger partial charge in [-0.2, -0.15) is 0 Å². The normalized spacial score (nSPS) is 14.1. The van der Waals surface area contributed by atoms with Gasteiger partial charge in [0.15, 0.2) is 0 Å². The Labute approximate surface area is 108 Å². The molecule has 2 atom stereocenters. The molecule has 0 aliphatic rings. The summed E-state index contributed by atoms with van der Waals surface area (Å²) in [4.78, 5) is 4.13. The zero-order chi connectivity index (χ0) is 12.8. The molecule has 94 valence electrons. The van der Waals surface area contributed by atoms with E-state index in [1.807, 2.05) is 36.5 Å². The van der Waals surface area contributed by atoms with Crippen LogP contribution in [-0.2, 0) is 6.42 Å². The minimum atomic E-state index is 0.0154. The van der Waals surface area contributed by atoms with E-state index in [2.05, 4.69) is 17.1 Å². The molecular weight excluding hydrogens is 222 g/mol. The van der Waals surface area contributed by atoms with Crippen molar-refractivity contribution < 1.29 is 0 Å². The number of pyridine rings is 1. The molecule has 0 saturated carbocycles. The minimum absolute atomic E-state index is 0.0154. The van der Waals surface area contributed by atoms with E-state index < -0.39 is 0 Å². The van der Waals surface area contributed by atoms with Crippen molar-refractivity contribution in [3.63, 3.8) is 0 Å². The molecule has 2 unspecified atom stereocenters. The second-order valence-electron chi connectivity index (χ2n) is 4.48. The average molecular weight is 241 g/mol. The maximum Gasteiger partial charge on any atom is 0.0303 e. The van der Waals surface area contributed by atoms with E-state index in [1.165, 1.54) is 5.56 Å². The fraction of sp³-hybridized carbons (Fsp3) is 0.267. The number of benzene rings is 1. The molecule has 1 aromatic carbocycles. The molecule has 18 heavy (non-hydrogen) atoms. The van der Waals surface area contributed by atoms with Crippen LogP contribution in [0.3, 0.4) is 0 Å². The zero-order valence-electron chi connectivity index (χ0n) is 10.4. The van der Waals surface area contributed by atoms with Gasteiger partial charge in [0.2, 0.25) is 0 Å². The predicted octanol–water partition coefficient (Wildman–Crippen LogP) is 1.69. The van der Waals surface area contributed by atoms with E-state index in [9.17, 15) is 0 Å². The Bertz CT molecular complexity index is 456. The molecule has 3 nitrogen and oxygen atoms in total. The molecule has 0 aliphatic carbocycles. The van der Waals surface area contributed by atoms with Gasteiger partial charge in [-0.15, -0.1) is 0 Å². The lowest BCUT2D eigenvalue weighted by atomic mass is 9.89. The fourth-order valence-electron chi connectivity index (χ4n) is 2.18. The third-order valence-corrected chi connectivity index (χ3v) is 3.20. The number of aromatic nitrogens is 1. The van der Waals surface area contributed by atoms with E-state index in [1.54, 1.807) is 6.20 Å². The second-order valence-corrected chi connectivity index (χ2v) is 4.48. The summed E-state index contributed by atoms with van der Waals surface area (Å²) in [6.07, 6.45) is 4.44. The van der Waals surface area contributed by atoms with Crippen molar-refractivity contribution in [2.75, 3.05) is 6.54 Å². The maximum absolute atomic E-state index is 6.28. The van der Waals surface area contributed by atoms with Crippen LogP contribution in [0.15, 0.2) is 54.9 Å². The predicted molar refractivity (Wildman–Crippen MR) is 74.2 cm³/mol. The van der Waals surface area contributed by atoms with Crippen LogP contribution in [0, 0.1) is 0 Å². The standard InChI is InChI=1S/C15H19N3/c16-10-14(13-7-4-8-18-11-13)15(17)9-12-5-2-1-3-6-12/h1-8,11,14-15H,9-10,16-17H2. The van der Waals surface area contributed by atoms with Gasteiger partial charge in [0, 0.05) is 30.9 Å².